The molecular formula is C24H24F3N7O2S. The average molecular weight is 532 g/mol. The molecular weight excluding hydrogens is 507 g/mol. The summed E-state index contributed by atoms with van der Waals surface area (Å²) in [6, 6.07) is 9.11. The maximum atomic E-state index is 13.3. The SMILES string of the molecule is CC(=O)Nc1nc2c(Oc3cc(-c4ccc(C(F)(F)F)nc4NCCCN(C)C)ncn3)cccc2s1. The molecule has 0 aliphatic carbocycles. The second kappa shape index (κ2) is 11.0. The van der Waals surface area contributed by atoms with Crippen LogP contribution in [0, 0.1) is 0 Å². The van der Waals surface area contributed by atoms with Crippen LogP contribution in [0.1, 0.15) is 19.0 Å². The summed E-state index contributed by atoms with van der Waals surface area (Å²) in [5.74, 6) is 0.408. The Morgan fingerprint density at radius 2 is 1.95 bits per heavy atom. The molecule has 3 heterocycles. The molecule has 0 aliphatic heterocycles. The molecule has 194 valence electrons. The number of hydrogen-bond acceptors (Lipinski definition) is 9. The third kappa shape index (κ3) is 6.68. The highest BCUT2D eigenvalue weighted by molar-refractivity contribution is 7.22. The number of nitrogens with one attached hydrogen (secondary N) is 2. The molecule has 2 N–H and O–H groups in total. The fourth-order valence-corrected chi connectivity index (χ4v) is 4.35. The van der Waals surface area contributed by atoms with Crippen LogP contribution in [-0.4, -0.2) is 57.9 Å². The van der Waals surface area contributed by atoms with Gasteiger partial charge in [0.1, 0.15) is 23.4 Å². The number of aromatic nitrogens is 4. The van der Waals surface area contributed by atoms with Crippen LogP contribution in [0.4, 0.5) is 24.1 Å². The van der Waals surface area contributed by atoms with Crippen molar-refractivity contribution in [3.8, 4) is 22.9 Å². The van der Waals surface area contributed by atoms with Crippen LogP contribution < -0.4 is 15.4 Å². The predicted octanol–water partition coefficient (Wildman–Crippen LogP) is 5.28. The topological polar surface area (TPSA) is 105 Å². The number of anilines is 2. The maximum absolute atomic E-state index is 13.3. The lowest BCUT2D eigenvalue weighted by atomic mass is 10.1. The zero-order valence-electron chi connectivity index (χ0n) is 20.3. The van der Waals surface area contributed by atoms with Gasteiger partial charge in [-0.25, -0.2) is 19.9 Å². The zero-order chi connectivity index (χ0) is 26.6. The van der Waals surface area contributed by atoms with E-state index in [0.29, 0.717) is 40.6 Å². The van der Waals surface area contributed by atoms with Gasteiger partial charge in [-0.2, -0.15) is 13.2 Å². The van der Waals surface area contributed by atoms with Crippen LogP contribution in [0.3, 0.4) is 0 Å². The van der Waals surface area contributed by atoms with Crippen LogP contribution in [0.25, 0.3) is 21.5 Å². The number of alkyl halides is 3. The number of para-hydroxylation sites is 1. The Kier molecular flexibility index (Phi) is 7.83. The molecule has 3 aromatic heterocycles. The van der Waals surface area contributed by atoms with Gasteiger partial charge in [0.15, 0.2) is 10.9 Å². The molecule has 0 bridgehead atoms. The number of carbonyl (C=O) groups is 1. The summed E-state index contributed by atoms with van der Waals surface area (Å²) < 4.78 is 46.8. The Morgan fingerprint density at radius 1 is 1.14 bits per heavy atom. The summed E-state index contributed by atoms with van der Waals surface area (Å²) in [4.78, 5) is 30.0. The second-order valence-corrected chi connectivity index (χ2v) is 9.35. The molecule has 1 aromatic carbocycles. The van der Waals surface area contributed by atoms with E-state index in [1.807, 2.05) is 25.1 Å². The standard InChI is InChI=1S/C24H24F3N7O2S/c1-14(35)31-23-33-21-17(6-4-7-18(21)37-23)36-20-12-16(29-13-30-20)15-8-9-19(24(25,26)27)32-22(15)28-10-5-11-34(2)3/h4,6-9,12-13H,5,10-11H2,1-3H3,(H,28,32)(H,31,33,35). The molecule has 4 aromatic rings. The van der Waals surface area contributed by atoms with E-state index >= 15 is 0 Å². The van der Waals surface area contributed by atoms with E-state index in [1.54, 1.807) is 12.1 Å². The van der Waals surface area contributed by atoms with E-state index in [0.717, 1.165) is 17.3 Å². The van der Waals surface area contributed by atoms with Crippen molar-refractivity contribution in [3.05, 3.63) is 48.4 Å². The molecule has 0 unspecified atom stereocenters. The lowest BCUT2D eigenvalue weighted by Gasteiger charge is -2.15. The van der Waals surface area contributed by atoms with E-state index in [2.05, 4.69) is 30.6 Å². The number of ether oxygens (including phenoxy) is 1. The number of thiazole rings is 1. The van der Waals surface area contributed by atoms with Gasteiger partial charge in [0.05, 0.1) is 10.4 Å². The van der Waals surface area contributed by atoms with Gasteiger partial charge >= 0.3 is 6.18 Å². The van der Waals surface area contributed by atoms with Crippen LogP contribution >= 0.6 is 11.3 Å². The number of rotatable bonds is 9. The number of nitrogens with zero attached hydrogens (tertiary/aromatic N) is 5. The molecule has 0 saturated carbocycles. The van der Waals surface area contributed by atoms with Crippen LogP contribution in [0.15, 0.2) is 42.7 Å². The number of halogens is 3. The predicted molar refractivity (Wildman–Crippen MR) is 136 cm³/mol. The van der Waals surface area contributed by atoms with Crippen molar-refractivity contribution in [3.63, 3.8) is 0 Å². The summed E-state index contributed by atoms with van der Waals surface area (Å²) in [5.41, 5.74) is 0.258. The fourth-order valence-electron chi connectivity index (χ4n) is 3.43. The summed E-state index contributed by atoms with van der Waals surface area (Å²) in [6.45, 7) is 2.59. The fraction of sp³-hybridized carbons (Fsp3) is 0.292. The lowest BCUT2D eigenvalue weighted by Crippen LogP contribution is -2.17. The minimum atomic E-state index is -4.58. The molecule has 9 nitrogen and oxygen atoms in total. The van der Waals surface area contributed by atoms with Crippen molar-refractivity contribution in [1.29, 1.82) is 0 Å². The van der Waals surface area contributed by atoms with E-state index in [9.17, 15) is 18.0 Å². The first-order valence-electron chi connectivity index (χ1n) is 11.2. The highest BCUT2D eigenvalue weighted by Crippen LogP contribution is 2.36. The van der Waals surface area contributed by atoms with Crippen molar-refractivity contribution >= 4 is 38.4 Å². The normalized spacial score (nSPS) is 11.6. The van der Waals surface area contributed by atoms with Gasteiger partial charge in [-0.1, -0.05) is 17.4 Å². The number of fused-ring (bicyclic) bond motifs is 1. The molecule has 0 radical (unpaired) electrons. The smallest absolute Gasteiger partial charge is 0.433 e. The molecule has 4 rings (SSSR count). The zero-order valence-corrected chi connectivity index (χ0v) is 21.1. The summed E-state index contributed by atoms with van der Waals surface area (Å²) >= 11 is 1.30. The molecule has 37 heavy (non-hydrogen) atoms. The third-order valence-corrected chi connectivity index (χ3v) is 5.99. The van der Waals surface area contributed by atoms with Gasteiger partial charge in [0.2, 0.25) is 11.8 Å². The largest absolute Gasteiger partial charge is 0.437 e. The van der Waals surface area contributed by atoms with Crippen LogP contribution in [-0.2, 0) is 11.0 Å². The first-order chi connectivity index (χ1) is 17.6. The Morgan fingerprint density at radius 3 is 2.68 bits per heavy atom. The summed E-state index contributed by atoms with van der Waals surface area (Å²) in [5, 5.41) is 6.10. The highest BCUT2D eigenvalue weighted by atomic mass is 32.1. The average Bonchev–Trinajstić information content (AvgIpc) is 3.24. The molecule has 1 amide bonds. The monoisotopic (exact) mass is 531 g/mol. The summed E-state index contributed by atoms with van der Waals surface area (Å²) in [6.07, 6.45) is -2.61. The number of amides is 1. The van der Waals surface area contributed by atoms with Gasteiger partial charge in [-0.15, -0.1) is 0 Å². The Balaban J connectivity index is 1.63. The van der Waals surface area contributed by atoms with Gasteiger partial charge in [-0.3, -0.25) is 4.79 Å². The Hall–Kier alpha value is -3.84. The van der Waals surface area contributed by atoms with Gasteiger partial charge in [0, 0.05) is 25.1 Å². The first kappa shape index (κ1) is 26.2. The van der Waals surface area contributed by atoms with E-state index < -0.39 is 11.9 Å². The minimum Gasteiger partial charge on any atom is -0.437 e. The molecule has 0 spiro atoms. The number of carbonyl (C=O) groups excluding carboxylic acids is 1. The number of pyridine rings is 1. The Labute approximate surface area is 214 Å². The molecule has 0 atom stereocenters. The minimum absolute atomic E-state index is 0.0692. The first-order valence-corrected chi connectivity index (χ1v) is 12.1. The van der Waals surface area contributed by atoms with Crippen LogP contribution in [0.2, 0.25) is 0 Å². The highest BCUT2D eigenvalue weighted by Gasteiger charge is 2.33. The van der Waals surface area contributed by atoms with Crippen molar-refractivity contribution in [2.24, 2.45) is 0 Å². The molecule has 0 fully saturated rings. The molecule has 0 saturated heterocycles. The number of hydrogen-bond donors (Lipinski definition) is 2. The van der Waals surface area contributed by atoms with Gasteiger partial charge < -0.3 is 20.3 Å². The van der Waals surface area contributed by atoms with E-state index in [1.165, 1.54) is 36.7 Å². The third-order valence-electron chi connectivity index (χ3n) is 5.06. The van der Waals surface area contributed by atoms with Crippen LogP contribution in [0.5, 0.6) is 11.6 Å². The van der Waals surface area contributed by atoms with E-state index in [4.69, 9.17) is 4.74 Å². The van der Waals surface area contributed by atoms with Crippen molar-refractivity contribution in [2.75, 3.05) is 37.8 Å². The van der Waals surface area contributed by atoms with Crippen molar-refractivity contribution < 1.29 is 22.7 Å². The number of benzene rings is 1. The second-order valence-electron chi connectivity index (χ2n) is 8.32. The van der Waals surface area contributed by atoms with Gasteiger partial charge in [-0.05, 0) is 51.3 Å². The van der Waals surface area contributed by atoms with Gasteiger partial charge in [0.25, 0.3) is 0 Å². The van der Waals surface area contributed by atoms with Crippen molar-refractivity contribution in [2.45, 2.75) is 19.5 Å². The molecule has 0 aliphatic rings. The maximum Gasteiger partial charge on any atom is 0.433 e. The molecule has 13 heteroatoms. The van der Waals surface area contributed by atoms with Crippen molar-refractivity contribution in [1.82, 2.24) is 24.8 Å². The van der Waals surface area contributed by atoms with E-state index in [-0.39, 0.29) is 17.6 Å². The Bertz CT molecular complexity index is 1410. The summed E-state index contributed by atoms with van der Waals surface area (Å²) in [7, 11) is 3.84. The lowest BCUT2D eigenvalue weighted by molar-refractivity contribution is -0.141. The quantitative estimate of drug-likeness (QED) is 0.281.